The van der Waals surface area contributed by atoms with Gasteiger partial charge in [-0.3, -0.25) is 24.0 Å². The highest BCUT2D eigenvalue weighted by Crippen LogP contribution is 2.34. The van der Waals surface area contributed by atoms with Crippen LogP contribution in [-0.4, -0.2) is 59.7 Å². The number of hydrogen-bond acceptors (Lipinski definition) is 7. The van der Waals surface area contributed by atoms with E-state index in [-0.39, 0.29) is 43.7 Å². The summed E-state index contributed by atoms with van der Waals surface area (Å²) in [5, 5.41) is 11.0. The quantitative estimate of drug-likeness (QED) is 0.208. The number of rotatable bonds is 7. The average Bonchev–Trinajstić information content (AvgIpc) is 3.02. The van der Waals surface area contributed by atoms with Gasteiger partial charge in [0.15, 0.2) is 0 Å². The first kappa shape index (κ1) is 36.3. The monoisotopic (exact) mass is 665 g/mol. The minimum Gasteiger partial charge on any atom is -0.368 e. The maximum absolute atomic E-state index is 13.8. The van der Waals surface area contributed by atoms with Gasteiger partial charge in [-0.15, -0.1) is 0 Å². The molecule has 49 heavy (non-hydrogen) atoms. The number of benzene rings is 2. The summed E-state index contributed by atoms with van der Waals surface area (Å²) < 4.78 is 0. The van der Waals surface area contributed by atoms with E-state index in [2.05, 4.69) is 38.1 Å². The molecule has 4 bridgehead atoms. The van der Waals surface area contributed by atoms with Crippen LogP contribution in [-0.2, 0) is 32.0 Å². The molecule has 2 aromatic carbocycles. The SMILES string of the molecule is Cc1cc2cc(c1NC(=O)[C@H](CCN)NC(=O)c1ccc(C#CC(C)(C)C)nc1C)-c1cccc(c1)CC(=O)NCC(=O)NC(C(N)=O)C2. The molecular formula is C37H43N7O5. The Balaban J connectivity index is 1.68. The summed E-state index contributed by atoms with van der Waals surface area (Å²) in [6.45, 7) is 9.33. The van der Waals surface area contributed by atoms with Crippen LogP contribution in [0.1, 0.15) is 65.6 Å². The van der Waals surface area contributed by atoms with Crippen molar-refractivity contribution in [3.63, 3.8) is 0 Å². The second-order valence-electron chi connectivity index (χ2n) is 13.1. The molecule has 1 aliphatic heterocycles. The predicted molar refractivity (Wildman–Crippen MR) is 187 cm³/mol. The van der Waals surface area contributed by atoms with Gasteiger partial charge < -0.3 is 32.7 Å². The summed E-state index contributed by atoms with van der Waals surface area (Å²) in [6, 6.07) is 12.2. The van der Waals surface area contributed by atoms with Gasteiger partial charge in [-0.05, 0) is 94.0 Å². The number of primary amides is 1. The van der Waals surface area contributed by atoms with E-state index in [0.29, 0.717) is 50.5 Å². The summed E-state index contributed by atoms with van der Waals surface area (Å²) in [5.74, 6) is 3.53. The molecule has 0 spiro atoms. The van der Waals surface area contributed by atoms with Crippen molar-refractivity contribution in [2.24, 2.45) is 16.9 Å². The smallest absolute Gasteiger partial charge is 0.253 e. The van der Waals surface area contributed by atoms with Crippen LogP contribution in [0.25, 0.3) is 11.1 Å². The lowest BCUT2D eigenvalue weighted by Crippen LogP contribution is -2.49. The standard InChI is InChI=1S/C37H43N7O5/c1-21-15-24-17-28(25-8-6-7-23(16-25)19-31(45)40-20-32(46)42-30(18-24)34(39)47)33(21)44-36(49)29(12-14-38)43-35(48)27-10-9-26(41-22(27)2)11-13-37(3,4)5/h6-10,15-17,29-30H,12,14,18-20,38H2,1-5H3,(H2,39,47)(H,40,45)(H,42,46)(H,43,48)(H,44,49)/t29-,30?/m0/s1. The number of carbonyl (C=O) groups excluding carboxylic acids is 5. The average molecular weight is 666 g/mol. The van der Waals surface area contributed by atoms with Gasteiger partial charge in [-0.2, -0.15) is 0 Å². The first-order valence-electron chi connectivity index (χ1n) is 16.0. The number of nitrogens with zero attached hydrogens (tertiary/aromatic N) is 1. The predicted octanol–water partition coefficient (Wildman–Crippen LogP) is 2.03. The molecule has 1 aromatic heterocycles. The number of amides is 5. The first-order chi connectivity index (χ1) is 23.1. The molecular weight excluding hydrogens is 622 g/mol. The lowest BCUT2D eigenvalue weighted by atomic mass is 9.93. The van der Waals surface area contributed by atoms with Crippen molar-refractivity contribution < 1.29 is 24.0 Å². The lowest BCUT2D eigenvalue weighted by Gasteiger charge is -2.23. The molecule has 1 aliphatic rings. The van der Waals surface area contributed by atoms with E-state index in [9.17, 15) is 24.0 Å². The van der Waals surface area contributed by atoms with E-state index >= 15 is 0 Å². The Labute approximate surface area is 286 Å². The number of carbonyl (C=O) groups is 5. The highest BCUT2D eigenvalue weighted by Gasteiger charge is 2.26. The van der Waals surface area contributed by atoms with Crippen LogP contribution < -0.4 is 32.7 Å². The number of nitrogens with one attached hydrogen (secondary N) is 4. The van der Waals surface area contributed by atoms with Gasteiger partial charge in [0.1, 0.15) is 17.8 Å². The molecule has 5 amide bonds. The van der Waals surface area contributed by atoms with Crippen LogP contribution in [0.4, 0.5) is 5.69 Å². The molecule has 4 rings (SSSR count). The fraction of sp³-hybridized carbons (Fsp3) is 0.351. The maximum Gasteiger partial charge on any atom is 0.253 e. The van der Waals surface area contributed by atoms with E-state index in [0.717, 1.165) is 0 Å². The molecule has 12 nitrogen and oxygen atoms in total. The van der Waals surface area contributed by atoms with Crippen molar-refractivity contribution in [2.75, 3.05) is 18.4 Å². The Hall–Kier alpha value is -5.54. The zero-order chi connectivity index (χ0) is 35.9. The van der Waals surface area contributed by atoms with Gasteiger partial charge in [0.05, 0.1) is 29.9 Å². The fourth-order valence-corrected chi connectivity index (χ4v) is 5.36. The van der Waals surface area contributed by atoms with Gasteiger partial charge >= 0.3 is 0 Å². The third-order valence-electron chi connectivity index (χ3n) is 7.78. The highest BCUT2D eigenvalue weighted by atomic mass is 16.2. The van der Waals surface area contributed by atoms with Crippen LogP contribution in [0.15, 0.2) is 48.5 Å². The van der Waals surface area contributed by atoms with Crippen LogP contribution >= 0.6 is 0 Å². The summed E-state index contributed by atoms with van der Waals surface area (Å²) in [4.78, 5) is 69.1. The Morgan fingerprint density at radius 1 is 1.04 bits per heavy atom. The molecule has 2 heterocycles. The first-order valence-corrected chi connectivity index (χ1v) is 16.0. The zero-order valence-corrected chi connectivity index (χ0v) is 28.5. The van der Waals surface area contributed by atoms with Crippen LogP contribution in [0.3, 0.4) is 0 Å². The third kappa shape index (κ3) is 9.98. The van der Waals surface area contributed by atoms with Crippen molar-refractivity contribution in [3.8, 4) is 23.0 Å². The second kappa shape index (κ2) is 15.6. The van der Waals surface area contributed by atoms with Gasteiger partial charge in [-0.25, -0.2) is 4.98 Å². The molecule has 256 valence electrons. The van der Waals surface area contributed by atoms with E-state index in [1.165, 1.54) is 0 Å². The number of nitrogens with two attached hydrogens (primary N) is 2. The van der Waals surface area contributed by atoms with E-state index in [4.69, 9.17) is 11.5 Å². The second-order valence-corrected chi connectivity index (χ2v) is 13.1. The molecule has 0 radical (unpaired) electrons. The number of aromatic nitrogens is 1. The number of fused-ring (bicyclic) bond motifs is 5. The molecule has 12 heteroatoms. The van der Waals surface area contributed by atoms with Crippen molar-refractivity contribution in [1.29, 1.82) is 0 Å². The minimum absolute atomic E-state index is 0.00373. The molecule has 0 aliphatic carbocycles. The lowest BCUT2D eigenvalue weighted by molar-refractivity contribution is -0.128. The topological polar surface area (TPSA) is 198 Å². The number of anilines is 1. The van der Waals surface area contributed by atoms with Gasteiger partial charge in [0.25, 0.3) is 5.91 Å². The van der Waals surface area contributed by atoms with Crippen LogP contribution in [0.2, 0.25) is 0 Å². The Bertz CT molecular complexity index is 1850. The Morgan fingerprint density at radius 2 is 1.80 bits per heavy atom. The Morgan fingerprint density at radius 3 is 2.47 bits per heavy atom. The maximum atomic E-state index is 13.8. The van der Waals surface area contributed by atoms with Crippen molar-refractivity contribution in [1.82, 2.24) is 20.9 Å². The summed E-state index contributed by atoms with van der Waals surface area (Å²) in [6.07, 6.45) is 0.247. The summed E-state index contributed by atoms with van der Waals surface area (Å²) in [7, 11) is 0. The van der Waals surface area contributed by atoms with Crippen molar-refractivity contribution in [2.45, 2.75) is 66.0 Å². The van der Waals surface area contributed by atoms with E-state index in [1.807, 2.05) is 39.0 Å². The molecule has 0 fully saturated rings. The Kier molecular flexibility index (Phi) is 11.5. The van der Waals surface area contributed by atoms with E-state index in [1.54, 1.807) is 44.2 Å². The molecule has 8 N–H and O–H groups in total. The third-order valence-corrected chi connectivity index (χ3v) is 7.78. The molecule has 2 atom stereocenters. The minimum atomic E-state index is -1.03. The molecule has 3 aromatic rings. The number of hydrogen-bond donors (Lipinski definition) is 6. The van der Waals surface area contributed by atoms with Crippen LogP contribution in [0.5, 0.6) is 0 Å². The molecule has 0 saturated heterocycles. The molecule has 0 saturated carbocycles. The summed E-state index contributed by atoms with van der Waals surface area (Å²) in [5.41, 5.74) is 16.4. The zero-order valence-electron chi connectivity index (χ0n) is 28.5. The number of aryl methyl sites for hydroxylation is 2. The van der Waals surface area contributed by atoms with Crippen molar-refractivity contribution >= 4 is 35.2 Å². The van der Waals surface area contributed by atoms with Crippen molar-refractivity contribution in [3.05, 3.63) is 82.2 Å². The van der Waals surface area contributed by atoms with Crippen LogP contribution in [0, 0.1) is 31.1 Å². The number of pyridine rings is 1. The van der Waals surface area contributed by atoms with Gasteiger partial charge in [-0.1, -0.05) is 36.3 Å². The van der Waals surface area contributed by atoms with Gasteiger partial charge in [0.2, 0.25) is 23.6 Å². The van der Waals surface area contributed by atoms with E-state index < -0.39 is 35.7 Å². The van der Waals surface area contributed by atoms with Gasteiger partial charge in [0, 0.05) is 17.4 Å². The highest BCUT2D eigenvalue weighted by molar-refractivity contribution is 6.04. The fourth-order valence-electron chi connectivity index (χ4n) is 5.36. The normalized spacial score (nSPS) is 15.3. The molecule has 1 unspecified atom stereocenters. The largest absolute Gasteiger partial charge is 0.368 e. The summed E-state index contributed by atoms with van der Waals surface area (Å²) >= 11 is 0.